The summed E-state index contributed by atoms with van der Waals surface area (Å²) in [5.74, 6) is -0.680. The van der Waals surface area contributed by atoms with Gasteiger partial charge in [-0.3, -0.25) is 9.78 Å². The Morgan fingerprint density at radius 1 is 1.75 bits per heavy atom. The van der Waals surface area contributed by atoms with E-state index in [-0.39, 0.29) is 10.7 Å². The van der Waals surface area contributed by atoms with Gasteiger partial charge in [0.25, 0.3) is 0 Å². The van der Waals surface area contributed by atoms with E-state index in [0.29, 0.717) is 0 Å². The van der Waals surface area contributed by atoms with Crippen molar-refractivity contribution in [2.45, 2.75) is 13.1 Å². The maximum absolute atomic E-state index is 12.5. The summed E-state index contributed by atoms with van der Waals surface area (Å²) in [6, 6.07) is 3.09. The molecular formula is C8H7ClFNO. The van der Waals surface area contributed by atoms with E-state index in [1.54, 1.807) is 6.07 Å². The van der Waals surface area contributed by atoms with Crippen molar-refractivity contribution >= 4 is 17.4 Å². The molecule has 0 fully saturated rings. The van der Waals surface area contributed by atoms with Gasteiger partial charge in [0.05, 0.1) is 5.02 Å². The van der Waals surface area contributed by atoms with Crippen molar-refractivity contribution < 1.29 is 9.18 Å². The molecule has 1 atom stereocenters. The largest absolute Gasteiger partial charge is 0.289 e. The molecule has 0 radical (unpaired) electrons. The molecule has 1 aromatic rings. The summed E-state index contributed by atoms with van der Waals surface area (Å²) >= 11 is 5.61. The Kier molecular flexibility index (Phi) is 2.76. The van der Waals surface area contributed by atoms with Gasteiger partial charge in [-0.25, -0.2) is 4.39 Å². The standard InChI is InChI=1S/C8H7ClFNO/c1-5(10)8(12)7-6(9)3-2-4-11-7/h2-5H,1H3. The van der Waals surface area contributed by atoms with Gasteiger partial charge < -0.3 is 0 Å². The maximum atomic E-state index is 12.5. The predicted octanol–water partition coefficient (Wildman–Crippen LogP) is 2.28. The highest BCUT2D eigenvalue weighted by Crippen LogP contribution is 2.14. The highest BCUT2D eigenvalue weighted by atomic mass is 35.5. The van der Waals surface area contributed by atoms with Gasteiger partial charge in [0.1, 0.15) is 5.69 Å². The van der Waals surface area contributed by atoms with E-state index < -0.39 is 12.0 Å². The molecule has 0 N–H and O–H groups in total. The lowest BCUT2D eigenvalue weighted by Crippen LogP contribution is -2.13. The highest BCUT2D eigenvalue weighted by Gasteiger charge is 2.17. The van der Waals surface area contributed by atoms with Gasteiger partial charge in [-0.1, -0.05) is 11.6 Å². The third-order valence-corrected chi connectivity index (χ3v) is 1.66. The Hall–Kier alpha value is -0.960. The lowest BCUT2D eigenvalue weighted by Gasteiger charge is -2.01. The summed E-state index contributed by atoms with van der Waals surface area (Å²) in [5, 5.41) is 0.187. The monoisotopic (exact) mass is 187 g/mol. The number of hydrogen-bond acceptors (Lipinski definition) is 2. The Balaban J connectivity index is 3.03. The lowest BCUT2D eigenvalue weighted by atomic mass is 10.2. The van der Waals surface area contributed by atoms with Crippen molar-refractivity contribution in [3.63, 3.8) is 0 Å². The second-order valence-electron chi connectivity index (χ2n) is 2.31. The molecule has 0 spiro atoms. The molecule has 1 unspecified atom stereocenters. The fourth-order valence-electron chi connectivity index (χ4n) is 0.755. The molecule has 2 nitrogen and oxygen atoms in total. The van der Waals surface area contributed by atoms with E-state index in [4.69, 9.17) is 11.6 Å². The second-order valence-corrected chi connectivity index (χ2v) is 2.72. The van der Waals surface area contributed by atoms with E-state index in [1.165, 1.54) is 12.3 Å². The molecule has 0 amide bonds. The molecule has 0 aliphatic heterocycles. The van der Waals surface area contributed by atoms with Crippen LogP contribution in [0.25, 0.3) is 0 Å². The number of carbonyl (C=O) groups is 1. The first-order chi connectivity index (χ1) is 5.63. The quantitative estimate of drug-likeness (QED) is 0.665. The van der Waals surface area contributed by atoms with Crippen LogP contribution in [0.5, 0.6) is 0 Å². The summed E-state index contributed by atoms with van der Waals surface area (Å²) in [7, 11) is 0. The number of pyridine rings is 1. The summed E-state index contributed by atoms with van der Waals surface area (Å²) in [5.41, 5.74) is -0.00540. The fraction of sp³-hybridized carbons (Fsp3) is 0.250. The number of rotatable bonds is 2. The topological polar surface area (TPSA) is 30.0 Å². The molecule has 1 rings (SSSR count). The highest BCUT2D eigenvalue weighted by molar-refractivity contribution is 6.33. The number of aromatic nitrogens is 1. The molecule has 1 aromatic heterocycles. The van der Waals surface area contributed by atoms with Gasteiger partial charge in [-0.15, -0.1) is 0 Å². The van der Waals surface area contributed by atoms with Crippen LogP contribution in [0.2, 0.25) is 5.02 Å². The Morgan fingerprint density at radius 3 is 2.92 bits per heavy atom. The number of ketones is 1. The number of alkyl halides is 1. The van der Waals surface area contributed by atoms with E-state index in [0.717, 1.165) is 6.92 Å². The van der Waals surface area contributed by atoms with Crippen LogP contribution in [0.3, 0.4) is 0 Å². The Morgan fingerprint density at radius 2 is 2.42 bits per heavy atom. The first kappa shape index (κ1) is 9.13. The Bertz CT molecular complexity index is 301. The minimum Gasteiger partial charge on any atom is -0.289 e. The number of nitrogens with zero attached hydrogens (tertiary/aromatic N) is 1. The van der Waals surface area contributed by atoms with E-state index in [1.807, 2.05) is 0 Å². The average molecular weight is 188 g/mol. The summed E-state index contributed by atoms with van der Waals surface area (Å²) in [6.45, 7) is 1.16. The normalized spacial score (nSPS) is 12.6. The summed E-state index contributed by atoms with van der Waals surface area (Å²) < 4.78 is 12.5. The summed E-state index contributed by atoms with van der Waals surface area (Å²) in [6.07, 6.45) is -0.154. The average Bonchev–Trinajstić information content (AvgIpc) is 2.04. The zero-order valence-electron chi connectivity index (χ0n) is 6.42. The molecular weight excluding hydrogens is 181 g/mol. The van der Waals surface area contributed by atoms with Gasteiger partial charge in [0, 0.05) is 6.20 Å². The molecule has 0 bridgehead atoms. The summed E-state index contributed by atoms with van der Waals surface area (Å²) in [4.78, 5) is 14.7. The van der Waals surface area contributed by atoms with Crippen LogP contribution in [0.1, 0.15) is 17.4 Å². The third-order valence-electron chi connectivity index (χ3n) is 1.35. The number of halogens is 2. The lowest BCUT2D eigenvalue weighted by molar-refractivity contribution is 0.0888. The number of hydrogen-bond donors (Lipinski definition) is 0. The van der Waals surface area contributed by atoms with Crippen LogP contribution in [-0.2, 0) is 0 Å². The second kappa shape index (κ2) is 3.63. The van der Waals surface area contributed by atoms with Crippen molar-refractivity contribution in [2.75, 3.05) is 0 Å². The van der Waals surface area contributed by atoms with Crippen molar-refractivity contribution in [2.24, 2.45) is 0 Å². The van der Waals surface area contributed by atoms with Crippen molar-refractivity contribution in [1.29, 1.82) is 0 Å². The van der Waals surface area contributed by atoms with E-state index >= 15 is 0 Å². The smallest absolute Gasteiger partial charge is 0.216 e. The van der Waals surface area contributed by atoms with Gasteiger partial charge in [0.2, 0.25) is 5.78 Å². The molecule has 4 heteroatoms. The molecule has 64 valence electrons. The molecule has 0 saturated carbocycles. The maximum Gasteiger partial charge on any atom is 0.216 e. The van der Waals surface area contributed by atoms with Crippen LogP contribution in [0.4, 0.5) is 4.39 Å². The number of Topliss-reactive ketones (excluding diaryl/α,β-unsaturated/α-hetero) is 1. The van der Waals surface area contributed by atoms with Gasteiger partial charge in [0.15, 0.2) is 6.17 Å². The first-order valence-corrected chi connectivity index (χ1v) is 3.79. The van der Waals surface area contributed by atoms with Crippen molar-refractivity contribution in [3.05, 3.63) is 29.0 Å². The molecule has 12 heavy (non-hydrogen) atoms. The zero-order chi connectivity index (χ0) is 9.14. The minimum absolute atomic E-state index is 0.00540. The molecule has 0 saturated heterocycles. The number of carbonyl (C=O) groups excluding carboxylic acids is 1. The fourth-order valence-corrected chi connectivity index (χ4v) is 0.970. The van der Waals surface area contributed by atoms with Crippen molar-refractivity contribution in [3.8, 4) is 0 Å². The van der Waals surface area contributed by atoms with Crippen molar-refractivity contribution in [1.82, 2.24) is 4.98 Å². The first-order valence-electron chi connectivity index (χ1n) is 3.41. The van der Waals surface area contributed by atoms with Crippen LogP contribution in [0.15, 0.2) is 18.3 Å². The molecule has 1 heterocycles. The van der Waals surface area contributed by atoms with Crippen LogP contribution in [-0.4, -0.2) is 16.9 Å². The minimum atomic E-state index is -1.56. The molecule has 0 aliphatic carbocycles. The van der Waals surface area contributed by atoms with Crippen LogP contribution >= 0.6 is 11.6 Å². The predicted molar refractivity (Wildman–Crippen MR) is 44.1 cm³/mol. The van der Waals surface area contributed by atoms with Gasteiger partial charge in [-0.2, -0.15) is 0 Å². The molecule has 0 aliphatic rings. The van der Waals surface area contributed by atoms with Gasteiger partial charge in [-0.05, 0) is 19.1 Å². The SMILES string of the molecule is CC(F)C(=O)c1ncccc1Cl. The van der Waals surface area contributed by atoms with E-state index in [9.17, 15) is 9.18 Å². The van der Waals surface area contributed by atoms with Crippen LogP contribution < -0.4 is 0 Å². The van der Waals surface area contributed by atoms with Crippen LogP contribution in [0, 0.1) is 0 Å². The molecule has 0 aromatic carbocycles. The zero-order valence-corrected chi connectivity index (χ0v) is 7.18. The Labute approximate surface area is 74.4 Å². The third kappa shape index (κ3) is 1.80. The van der Waals surface area contributed by atoms with Gasteiger partial charge >= 0.3 is 0 Å². The van der Waals surface area contributed by atoms with E-state index in [2.05, 4.69) is 4.98 Å².